The number of nitrogens with one attached hydrogen (secondary N) is 2. The summed E-state index contributed by atoms with van der Waals surface area (Å²) in [6.07, 6.45) is 2.00. The predicted octanol–water partition coefficient (Wildman–Crippen LogP) is 0.891. The number of benzene rings is 1. The number of aromatic amines is 1. The van der Waals surface area contributed by atoms with Crippen molar-refractivity contribution in [1.82, 2.24) is 10.4 Å². The van der Waals surface area contributed by atoms with Gasteiger partial charge in [0.05, 0.1) is 6.54 Å². The topological polar surface area (TPSA) is 66.2 Å². The molecule has 3 rings (SSSR count). The lowest BCUT2D eigenvalue weighted by Crippen LogP contribution is -2.32. The van der Waals surface area contributed by atoms with Gasteiger partial charge in [-0.2, -0.15) is 0 Å². The van der Waals surface area contributed by atoms with Gasteiger partial charge >= 0.3 is 0 Å². The molecule has 0 saturated heterocycles. The summed E-state index contributed by atoms with van der Waals surface area (Å²) >= 11 is 0. The molecule has 0 saturated carbocycles. The zero-order valence-electron chi connectivity index (χ0n) is 7.54. The van der Waals surface area contributed by atoms with Crippen molar-refractivity contribution in [2.24, 2.45) is 10.8 Å². The Balaban J connectivity index is 2.40. The number of amidine groups is 1. The lowest BCUT2D eigenvalue weighted by Gasteiger charge is -2.12. The van der Waals surface area contributed by atoms with E-state index >= 15 is 0 Å². The first kappa shape index (κ1) is 7.58. The first-order valence-corrected chi connectivity index (χ1v) is 4.50. The molecule has 0 amide bonds. The zero-order valence-corrected chi connectivity index (χ0v) is 7.54. The molecule has 4 N–H and O–H groups in total. The minimum Gasteiger partial charge on any atom is -0.361 e. The first-order chi connectivity index (χ1) is 6.90. The minimum absolute atomic E-state index is 0.691. The van der Waals surface area contributed by atoms with Crippen molar-refractivity contribution in [3.05, 3.63) is 35.5 Å². The maximum Gasteiger partial charge on any atom is 0.143 e. The Labute approximate surface area is 80.8 Å². The third-order valence-electron chi connectivity index (χ3n) is 2.59. The van der Waals surface area contributed by atoms with E-state index in [4.69, 9.17) is 5.84 Å². The van der Waals surface area contributed by atoms with Crippen molar-refractivity contribution in [3.63, 3.8) is 0 Å². The van der Waals surface area contributed by atoms with E-state index in [9.17, 15) is 0 Å². The number of hydrogen-bond acceptors (Lipinski definition) is 3. The molecule has 14 heavy (non-hydrogen) atoms. The lowest BCUT2D eigenvalue weighted by atomic mass is 10.0. The molecule has 0 spiro atoms. The van der Waals surface area contributed by atoms with Gasteiger partial charge in [0, 0.05) is 22.7 Å². The summed E-state index contributed by atoms with van der Waals surface area (Å²) in [7, 11) is 0. The summed E-state index contributed by atoms with van der Waals surface area (Å²) in [5, 5.41) is 1.23. The lowest BCUT2D eigenvalue weighted by molar-refractivity contribution is 0.969. The molecule has 0 aliphatic carbocycles. The smallest absolute Gasteiger partial charge is 0.143 e. The molecule has 0 radical (unpaired) electrons. The van der Waals surface area contributed by atoms with E-state index < -0.39 is 0 Å². The van der Waals surface area contributed by atoms with Crippen LogP contribution in [0.5, 0.6) is 0 Å². The van der Waals surface area contributed by atoms with E-state index in [1.807, 2.05) is 18.3 Å². The van der Waals surface area contributed by atoms with Gasteiger partial charge in [0.1, 0.15) is 5.84 Å². The summed E-state index contributed by atoms with van der Waals surface area (Å²) in [6.45, 7) is 0.691. The number of nitrogens with zero attached hydrogens (tertiary/aromatic N) is 1. The second-order valence-corrected chi connectivity index (χ2v) is 3.35. The van der Waals surface area contributed by atoms with Crippen LogP contribution in [-0.2, 0) is 6.54 Å². The van der Waals surface area contributed by atoms with Gasteiger partial charge in [-0.25, -0.2) is 5.84 Å². The number of H-pyrrole nitrogens is 1. The Kier molecular flexibility index (Phi) is 1.40. The monoisotopic (exact) mass is 186 g/mol. The Morgan fingerprint density at radius 2 is 2.36 bits per heavy atom. The van der Waals surface area contributed by atoms with Gasteiger partial charge in [-0.3, -0.25) is 4.99 Å². The first-order valence-electron chi connectivity index (χ1n) is 4.50. The summed E-state index contributed by atoms with van der Waals surface area (Å²) in [5.41, 5.74) is 6.08. The average Bonchev–Trinajstić information content (AvgIpc) is 2.65. The molecule has 1 aromatic heterocycles. The Hall–Kier alpha value is -1.81. The van der Waals surface area contributed by atoms with Crippen LogP contribution in [0.25, 0.3) is 10.9 Å². The molecule has 4 nitrogen and oxygen atoms in total. The second kappa shape index (κ2) is 2.59. The van der Waals surface area contributed by atoms with E-state index in [1.165, 1.54) is 10.9 Å². The Bertz CT molecular complexity index is 524. The highest BCUT2D eigenvalue weighted by Crippen LogP contribution is 2.26. The summed E-state index contributed by atoms with van der Waals surface area (Å²) in [6, 6.07) is 6.08. The van der Waals surface area contributed by atoms with Gasteiger partial charge in [0.2, 0.25) is 0 Å². The molecule has 0 fully saturated rings. The van der Waals surface area contributed by atoms with E-state index in [1.54, 1.807) is 0 Å². The van der Waals surface area contributed by atoms with Gasteiger partial charge in [-0.15, -0.1) is 0 Å². The van der Waals surface area contributed by atoms with Crippen molar-refractivity contribution >= 4 is 16.7 Å². The van der Waals surface area contributed by atoms with Crippen LogP contribution < -0.4 is 11.3 Å². The molecule has 1 aromatic carbocycles. The number of hydrogen-bond donors (Lipinski definition) is 3. The molecule has 4 heteroatoms. The van der Waals surface area contributed by atoms with Crippen molar-refractivity contribution in [2.75, 3.05) is 0 Å². The van der Waals surface area contributed by atoms with E-state index in [0.29, 0.717) is 6.54 Å². The van der Waals surface area contributed by atoms with Crippen LogP contribution in [0.4, 0.5) is 0 Å². The molecular formula is C10H10N4. The van der Waals surface area contributed by atoms with Crippen LogP contribution in [0.1, 0.15) is 11.1 Å². The molecule has 0 unspecified atom stereocenters. The SMILES string of the molecule is NNC1=NCc2c[nH]c3cccc1c23. The van der Waals surface area contributed by atoms with E-state index in [0.717, 1.165) is 16.9 Å². The molecule has 1 aliphatic heterocycles. The third-order valence-corrected chi connectivity index (χ3v) is 2.59. The summed E-state index contributed by atoms with van der Waals surface area (Å²) < 4.78 is 0. The van der Waals surface area contributed by atoms with Crippen molar-refractivity contribution in [2.45, 2.75) is 6.54 Å². The van der Waals surface area contributed by atoms with Crippen LogP contribution >= 0.6 is 0 Å². The van der Waals surface area contributed by atoms with Crippen LogP contribution in [0, 0.1) is 0 Å². The van der Waals surface area contributed by atoms with Crippen molar-refractivity contribution in [3.8, 4) is 0 Å². The maximum atomic E-state index is 5.41. The summed E-state index contributed by atoms with van der Waals surface area (Å²) in [4.78, 5) is 7.57. The fourth-order valence-electron chi connectivity index (χ4n) is 1.95. The minimum atomic E-state index is 0.691. The number of hydrazine groups is 1. The number of rotatable bonds is 0. The highest BCUT2D eigenvalue weighted by atomic mass is 15.3. The quantitative estimate of drug-likeness (QED) is 0.422. The van der Waals surface area contributed by atoms with Gasteiger partial charge in [0.25, 0.3) is 0 Å². The normalized spacial score (nSPS) is 14.2. The number of aliphatic imine (C=N–C) groups is 1. The van der Waals surface area contributed by atoms with Gasteiger partial charge in [0.15, 0.2) is 0 Å². The third kappa shape index (κ3) is 0.831. The Morgan fingerprint density at radius 1 is 1.43 bits per heavy atom. The highest BCUT2D eigenvalue weighted by Gasteiger charge is 2.15. The van der Waals surface area contributed by atoms with Crippen LogP contribution in [0.2, 0.25) is 0 Å². The average molecular weight is 186 g/mol. The molecule has 2 heterocycles. The number of aromatic nitrogens is 1. The Morgan fingerprint density at radius 3 is 3.21 bits per heavy atom. The van der Waals surface area contributed by atoms with Crippen molar-refractivity contribution < 1.29 is 0 Å². The maximum absolute atomic E-state index is 5.41. The predicted molar refractivity (Wildman–Crippen MR) is 55.9 cm³/mol. The fraction of sp³-hybridized carbons (Fsp3) is 0.100. The second-order valence-electron chi connectivity index (χ2n) is 3.35. The van der Waals surface area contributed by atoms with Crippen molar-refractivity contribution in [1.29, 1.82) is 0 Å². The van der Waals surface area contributed by atoms with E-state index in [-0.39, 0.29) is 0 Å². The zero-order chi connectivity index (χ0) is 9.54. The standard InChI is InChI=1S/C10H10N4/c11-14-10-7-2-1-3-8-9(7)6(4-12-8)5-13-10/h1-4,12H,5,11H2,(H,13,14). The van der Waals surface area contributed by atoms with Crippen LogP contribution in [0.3, 0.4) is 0 Å². The van der Waals surface area contributed by atoms with Gasteiger partial charge < -0.3 is 10.4 Å². The summed E-state index contributed by atoms with van der Waals surface area (Å²) in [5.74, 6) is 6.18. The van der Waals surface area contributed by atoms with Gasteiger partial charge in [-0.05, 0) is 11.6 Å². The molecule has 70 valence electrons. The van der Waals surface area contributed by atoms with Crippen LogP contribution in [-0.4, -0.2) is 10.8 Å². The van der Waals surface area contributed by atoms with Crippen LogP contribution in [0.15, 0.2) is 29.4 Å². The molecular weight excluding hydrogens is 176 g/mol. The molecule has 0 atom stereocenters. The van der Waals surface area contributed by atoms with E-state index in [2.05, 4.69) is 21.5 Å². The largest absolute Gasteiger partial charge is 0.361 e. The molecule has 0 bridgehead atoms. The molecule has 1 aliphatic rings. The van der Waals surface area contributed by atoms with Gasteiger partial charge in [-0.1, -0.05) is 12.1 Å². The molecule has 2 aromatic rings. The fourth-order valence-corrected chi connectivity index (χ4v) is 1.95. The number of nitrogens with two attached hydrogens (primary N) is 1. The highest BCUT2D eigenvalue weighted by molar-refractivity contribution is 6.11.